The Morgan fingerprint density at radius 3 is 2.80 bits per heavy atom. The second-order valence-electron chi connectivity index (χ2n) is 5.06. The van der Waals surface area contributed by atoms with E-state index in [1.54, 1.807) is 0 Å². The van der Waals surface area contributed by atoms with Crippen molar-refractivity contribution in [2.45, 2.75) is 25.9 Å². The summed E-state index contributed by atoms with van der Waals surface area (Å²) in [6, 6.07) is 7.37. The summed E-state index contributed by atoms with van der Waals surface area (Å²) < 4.78 is 5.68. The highest BCUT2D eigenvalue weighted by Crippen LogP contribution is 2.25. The van der Waals surface area contributed by atoms with Crippen LogP contribution in [-0.2, 0) is 16.1 Å². The van der Waals surface area contributed by atoms with Crippen molar-refractivity contribution in [2.24, 2.45) is 0 Å². The van der Waals surface area contributed by atoms with Crippen LogP contribution in [0.3, 0.4) is 0 Å². The Morgan fingerprint density at radius 1 is 1.35 bits per heavy atom. The predicted molar refractivity (Wildman–Crippen MR) is 74.0 cm³/mol. The van der Waals surface area contributed by atoms with Crippen LogP contribution in [0.2, 0.25) is 0 Å². The van der Waals surface area contributed by atoms with Gasteiger partial charge in [-0.15, -0.1) is 0 Å². The third kappa shape index (κ3) is 2.00. The average Bonchev–Trinajstić information content (AvgIpc) is 2.88. The van der Waals surface area contributed by atoms with Crippen molar-refractivity contribution in [1.29, 1.82) is 0 Å². The van der Waals surface area contributed by atoms with Crippen LogP contribution >= 0.6 is 0 Å². The topological polar surface area (TPSA) is 62.6 Å². The molecule has 104 valence electrons. The molecule has 0 saturated carbocycles. The van der Waals surface area contributed by atoms with E-state index in [-0.39, 0.29) is 18.2 Å². The number of likely N-dealkylation sites (N-methyl/N-ethyl adjacent to an activating group) is 1. The van der Waals surface area contributed by atoms with E-state index in [0.29, 0.717) is 6.54 Å². The van der Waals surface area contributed by atoms with Gasteiger partial charge in [0.05, 0.1) is 12.5 Å². The number of hydrogen-bond donors (Lipinski definition) is 1. The molecule has 1 aliphatic heterocycles. The largest absolute Gasteiger partial charge is 0.461 e. The van der Waals surface area contributed by atoms with E-state index in [1.165, 1.54) is 11.9 Å². The van der Waals surface area contributed by atoms with E-state index in [1.807, 2.05) is 31.2 Å². The molecule has 1 fully saturated rings. The Labute approximate surface area is 116 Å². The zero-order chi connectivity index (χ0) is 14.3. The fraction of sp³-hybridized carbons (Fsp3) is 0.333. The molecule has 0 spiro atoms. The second-order valence-corrected chi connectivity index (χ2v) is 5.06. The lowest BCUT2D eigenvalue weighted by molar-refractivity contribution is -0.137. The Bertz CT molecular complexity index is 689. The van der Waals surface area contributed by atoms with Gasteiger partial charge < -0.3 is 9.73 Å². The molecule has 2 heterocycles. The van der Waals surface area contributed by atoms with Gasteiger partial charge in [-0.3, -0.25) is 14.5 Å². The number of furan rings is 1. The highest BCUT2D eigenvalue weighted by atomic mass is 16.3. The van der Waals surface area contributed by atoms with Gasteiger partial charge in [0, 0.05) is 24.5 Å². The number of amides is 2. The highest BCUT2D eigenvalue weighted by molar-refractivity contribution is 6.05. The normalized spacial score (nSPS) is 19.3. The van der Waals surface area contributed by atoms with Crippen LogP contribution in [-0.4, -0.2) is 29.8 Å². The van der Waals surface area contributed by atoms with Crippen LogP contribution in [0.15, 0.2) is 28.7 Å². The van der Waals surface area contributed by atoms with Crippen molar-refractivity contribution in [3.63, 3.8) is 0 Å². The number of nitrogens with zero attached hydrogens (tertiary/aromatic N) is 1. The van der Waals surface area contributed by atoms with Gasteiger partial charge in [-0.1, -0.05) is 18.2 Å². The van der Waals surface area contributed by atoms with Crippen LogP contribution in [0.5, 0.6) is 0 Å². The molecule has 2 amide bonds. The van der Waals surface area contributed by atoms with E-state index in [9.17, 15) is 9.59 Å². The molecule has 1 saturated heterocycles. The molecule has 0 radical (unpaired) electrons. The zero-order valence-electron chi connectivity index (χ0n) is 11.5. The maximum atomic E-state index is 11.8. The number of hydrogen-bond acceptors (Lipinski definition) is 4. The number of para-hydroxylation sites is 1. The van der Waals surface area contributed by atoms with Crippen LogP contribution in [0, 0.1) is 6.92 Å². The first-order valence-electron chi connectivity index (χ1n) is 6.58. The number of benzene rings is 1. The van der Waals surface area contributed by atoms with Crippen molar-refractivity contribution in [3.8, 4) is 0 Å². The molecular formula is C15H16N2O3. The molecule has 1 aromatic carbocycles. The number of fused-ring (bicyclic) bond motifs is 1. The molecular weight excluding hydrogens is 256 g/mol. The number of carbonyl (C=O) groups is 2. The van der Waals surface area contributed by atoms with Gasteiger partial charge in [0.15, 0.2) is 0 Å². The van der Waals surface area contributed by atoms with Crippen LogP contribution in [0.25, 0.3) is 11.0 Å². The zero-order valence-corrected chi connectivity index (χ0v) is 11.5. The van der Waals surface area contributed by atoms with Gasteiger partial charge in [0.1, 0.15) is 11.3 Å². The number of nitrogens with one attached hydrogen (secondary N) is 1. The first-order chi connectivity index (χ1) is 9.58. The smallest absolute Gasteiger partial charge is 0.246 e. The summed E-state index contributed by atoms with van der Waals surface area (Å²) in [5.41, 5.74) is 1.88. The molecule has 20 heavy (non-hydrogen) atoms. The minimum atomic E-state index is -0.430. The second kappa shape index (κ2) is 4.76. The van der Waals surface area contributed by atoms with E-state index >= 15 is 0 Å². The molecule has 1 N–H and O–H groups in total. The third-order valence-corrected chi connectivity index (χ3v) is 3.81. The maximum absolute atomic E-state index is 11.8. The van der Waals surface area contributed by atoms with Crippen LogP contribution in [0.1, 0.15) is 17.7 Å². The molecule has 5 heteroatoms. The molecule has 1 aliphatic rings. The highest BCUT2D eigenvalue weighted by Gasteiger charge is 2.35. The minimum Gasteiger partial charge on any atom is -0.461 e. The predicted octanol–water partition coefficient (Wildman–Crippen LogP) is 1.59. The van der Waals surface area contributed by atoms with Gasteiger partial charge in [-0.05, 0) is 13.0 Å². The first-order valence-corrected chi connectivity index (χ1v) is 6.58. The SMILES string of the molecule is Cc1oc2ccccc2c1CNC1CC(=O)N(C)C1=O. The quantitative estimate of drug-likeness (QED) is 0.862. The Morgan fingerprint density at radius 2 is 2.10 bits per heavy atom. The summed E-state index contributed by atoms with van der Waals surface area (Å²) in [6.07, 6.45) is 0.226. The van der Waals surface area contributed by atoms with Crippen LogP contribution < -0.4 is 5.32 Å². The molecule has 3 rings (SSSR count). The number of likely N-dealkylation sites (tertiary alicyclic amines) is 1. The first kappa shape index (κ1) is 12.9. The van der Waals surface area contributed by atoms with Crippen molar-refractivity contribution in [2.75, 3.05) is 7.05 Å². The average molecular weight is 272 g/mol. The molecule has 0 aliphatic carbocycles. The molecule has 1 aromatic heterocycles. The van der Waals surface area contributed by atoms with Crippen molar-refractivity contribution in [3.05, 3.63) is 35.6 Å². The Balaban J connectivity index is 1.79. The monoisotopic (exact) mass is 272 g/mol. The van der Waals surface area contributed by atoms with Gasteiger partial charge in [0.2, 0.25) is 11.8 Å². The Kier molecular flexibility index (Phi) is 3.06. The van der Waals surface area contributed by atoms with Crippen molar-refractivity contribution in [1.82, 2.24) is 10.2 Å². The summed E-state index contributed by atoms with van der Waals surface area (Å²) in [6.45, 7) is 2.42. The van der Waals surface area contributed by atoms with E-state index in [4.69, 9.17) is 4.42 Å². The standard InChI is InChI=1S/C15H16N2O3/c1-9-11(10-5-3-4-6-13(10)20-9)8-16-12-7-14(18)17(2)15(12)19/h3-6,12,16H,7-8H2,1-2H3. The number of carbonyl (C=O) groups excluding carboxylic acids is 2. The van der Waals surface area contributed by atoms with Gasteiger partial charge in [-0.2, -0.15) is 0 Å². The fourth-order valence-corrected chi connectivity index (χ4v) is 2.58. The third-order valence-electron chi connectivity index (χ3n) is 3.81. The number of rotatable bonds is 3. The molecule has 5 nitrogen and oxygen atoms in total. The summed E-state index contributed by atoms with van der Waals surface area (Å²) in [4.78, 5) is 24.5. The van der Waals surface area contributed by atoms with E-state index < -0.39 is 6.04 Å². The maximum Gasteiger partial charge on any atom is 0.246 e. The van der Waals surface area contributed by atoms with E-state index in [2.05, 4.69) is 5.32 Å². The lowest BCUT2D eigenvalue weighted by atomic mass is 10.1. The van der Waals surface area contributed by atoms with Gasteiger partial charge in [-0.25, -0.2) is 0 Å². The molecule has 0 bridgehead atoms. The summed E-state index contributed by atoms with van der Waals surface area (Å²) in [5, 5.41) is 4.20. The molecule has 2 aromatic rings. The summed E-state index contributed by atoms with van der Waals surface area (Å²) in [7, 11) is 1.52. The van der Waals surface area contributed by atoms with Crippen molar-refractivity contribution >= 4 is 22.8 Å². The lowest BCUT2D eigenvalue weighted by Gasteiger charge is -2.10. The summed E-state index contributed by atoms with van der Waals surface area (Å²) >= 11 is 0. The molecule has 1 unspecified atom stereocenters. The van der Waals surface area contributed by atoms with Crippen molar-refractivity contribution < 1.29 is 14.0 Å². The van der Waals surface area contributed by atoms with Gasteiger partial charge >= 0.3 is 0 Å². The van der Waals surface area contributed by atoms with E-state index in [0.717, 1.165) is 22.3 Å². The lowest BCUT2D eigenvalue weighted by Crippen LogP contribution is -2.36. The van der Waals surface area contributed by atoms with Gasteiger partial charge in [0.25, 0.3) is 0 Å². The fourth-order valence-electron chi connectivity index (χ4n) is 2.58. The minimum absolute atomic E-state index is 0.138. The number of aryl methyl sites for hydroxylation is 1. The van der Waals surface area contributed by atoms with Crippen LogP contribution in [0.4, 0.5) is 0 Å². The molecule has 1 atom stereocenters. The summed E-state index contributed by atoms with van der Waals surface area (Å²) in [5.74, 6) is 0.533. The Hall–Kier alpha value is -2.14. The number of imide groups is 1.